The third-order valence-corrected chi connectivity index (χ3v) is 12.4. The van der Waals surface area contributed by atoms with E-state index >= 15 is 0 Å². The molecule has 13 aromatic rings. The van der Waals surface area contributed by atoms with Gasteiger partial charge in [0.1, 0.15) is 11.2 Å². The lowest BCUT2D eigenvalue weighted by atomic mass is 10.0. The first kappa shape index (κ1) is 34.5. The molecule has 5 nitrogen and oxygen atoms in total. The van der Waals surface area contributed by atoms with E-state index in [-0.39, 0.29) is 0 Å². The number of benzene rings is 10. The van der Waals surface area contributed by atoms with E-state index in [0.717, 1.165) is 77.2 Å². The molecule has 0 saturated heterocycles. The number of hydrogen-bond donors (Lipinski definition) is 0. The first-order valence-electron chi connectivity index (χ1n) is 20.9. The quantitative estimate of drug-likeness (QED) is 0.174. The minimum atomic E-state index is 0.597. The summed E-state index contributed by atoms with van der Waals surface area (Å²) in [6, 6.07) is 72.9. The first-order chi connectivity index (χ1) is 30.7. The maximum absolute atomic E-state index is 6.79. The van der Waals surface area contributed by atoms with E-state index in [2.05, 4.69) is 174 Å². The van der Waals surface area contributed by atoms with E-state index in [1.807, 2.05) is 36.4 Å². The topological polar surface area (TPSA) is 56.7 Å². The highest BCUT2D eigenvalue weighted by molar-refractivity contribution is 6.21. The van der Waals surface area contributed by atoms with Crippen LogP contribution in [-0.4, -0.2) is 19.5 Å². The Kier molecular flexibility index (Phi) is 7.54. The van der Waals surface area contributed by atoms with E-state index in [1.165, 1.54) is 32.3 Å². The van der Waals surface area contributed by atoms with Crippen LogP contribution in [0.1, 0.15) is 0 Å². The second-order valence-electron chi connectivity index (χ2n) is 16.0. The van der Waals surface area contributed by atoms with Crippen LogP contribution in [-0.2, 0) is 0 Å². The van der Waals surface area contributed by atoms with Crippen LogP contribution in [0.3, 0.4) is 0 Å². The lowest BCUT2D eigenvalue weighted by Crippen LogP contribution is -2.00. The number of furan rings is 1. The minimum absolute atomic E-state index is 0.597. The molecule has 0 N–H and O–H groups in total. The highest BCUT2D eigenvalue weighted by Crippen LogP contribution is 2.43. The molecule has 0 aliphatic heterocycles. The van der Waals surface area contributed by atoms with Crippen molar-refractivity contribution < 1.29 is 4.42 Å². The van der Waals surface area contributed by atoms with Crippen molar-refractivity contribution in [1.29, 1.82) is 0 Å². The lowest BCUT2D eigenvalue weighted by Gasteiger charge is -2.13. The molecule has 0 spiro atoms. The standard InChI is InChI=1S/C57H34N4O/c1-3-13-35(14-4-1)36-23-25-38(26-24-36)56-58-55(37-15-5-2-6-16-37)59-57(60-56)43-27-28-53-48(31-43)49-34-52(44-21-11-12-22-45(44)54(49)62-53)61-50-32-41-19-9-7-17-39(41)29-46(50)47-30-40-18-8-10-20-42(40)33-51(47)61/h1-34H. The van der Waals surface area contributed by atoms with Crippen LogP contribution >= 0.6 is 0 Å². The molecule has 0 aliphatic carbocycles. The third kappa shape index (κ3) is 5.45. The van der Waals surface area contributed by atoms with Crippen LogP contribution in [0.15, 0.2) is 211 Å². The van der Waals surface area contributed by atoms with Gasteiger partial charge >= 0.3 is 0 Å². The van der Waals surface area contributed by atoms with Crippen LogP contribution in [0.25, 0.3) is 127 Å². The number of nitrogens with zero attached hydrogens (tertiary/aromatic N) is 4. The fourth-order valence-electron chi connectivity index (χ4n) is 9.34. The second-order valence-corrected chi connectivity index (χ2v) is 16.0. The molecule has 0 amide bonds. The van der Waals surface area contributed by atoms with Crippen LogP contribution in [0, 0.1) is 0 Å². The van der Waals surface area contributed by atoms with Crippen LogP contribution in [0.4, 0.5) is 0 Å². The summed E-state index contributed by atoms with van der Waals surface area (Å²) in [5.41, 5.74) is 10.1. The monoisotopic (exact) mass is 790 g/mol. The van der Waals surface area contributed by atoms with Crippen molar-refractivity contribution in [3.8, 4) is 51.0 Å². The van der Waals surface area contributed by atoms with Gasteiger partial charge in [-0.2, -0.15) is 0 Å². The van der Waals surface area contributed by atoms with Gasteiger partial charge in [0.15, 0.2) is 17.5 Å². The largest absolute Gasteiger partial charge is 0.455 e. The lowest BCUT2D eigenvalue weighted by molar-refractivity contribution is 0.672. The summed E-state index contributed by atoms with van der Waals surface area (Å²) < 4.78 is 9.25. The zero-order valence-electron chi connectivity index (χ0n) is 33.3. The molecule has 13 rings (SSSR count). The van der Waals surface area contributed by atoms with Crippen molar-refractivity contribution in [2.24, 2.45) is 0 Å². The van der Waals surface area contributed by atoms with Crippen molar-refractivity contribution in [2.45, 2.75) is 0 Å². The maximum atomic E-state index is 6.79. The highest BCUT2D eigenvalue weighted by atomic mass is 16.3. The van der Waals surface area contributed by atoms with Gasteiger partial charge in [0, 0.05) is 49.0 Å². The van der Waals surface area contributed by atoms with Crippen molar-refractivity contribution in [3.63, 3.8) is 0 Å². The van der Waals surface area contributed by atoms with E-state index < -0.39 is 0 Å². The Labute approximate surface area is 355 Å². The van der Waals surface area contributed by atoms with Crippen LogP contribution in [0.2, 0.25) is 0 Å². The Morgan fingerprint density at radius 3 is 1.37 bits per heavy atom. The zero-order chi connectivity index (χ0) is 40.7. The van der Waals surface area contributed by atoms with Gasteiger partial charge in [-0.15, -0.1) is 0 Å². The van der Waals surface area contributed by atoms with Gasteiger partial charge in [-0.25, -0.2) is 15.0 Å². The summed E-state index contributed by atoms with van der Waals surface area (Å²) in [6.45, 7) is 0. The Morgan fingerprint density at radius 1 is 0.306 bits per heavy atom. The van der Waals surface area contributed by atoms with E-state index in [4.69, 9.17) is 19.4 Å². The van der Waals surface area contributed by atoms with E-state index in [9.17, 15) is 0 Å². The van der Waals surface area contributed by atoms with Crippen molar-refractivity contribution in [1.82, 2.24) is 19.5 Å². The van der Waals surface area contributed by atoms with E-state index in [0.29, 0.717) is 17.5 Å². The Hall–Kier alpha value is -8.41. The van der Waals surface area contributed by atoms with Gasteiger partial charge in [0.05, 0.1) is 16.7 Å². The highest BCUT2D eigenvalue weighted by Gasteiger charge is 2.21. The van der Waals surface area contributed by atoms with Crippen LogP contribution < -0.4 is 0 Å². The molecule has 288 valence electrons. The normalized spacial score (nSPS) is 11.9. The smallest absolute Gasteiger partial charge is 0.164 e. The van der Waals surface area contributed by atoms with Gasteiger partial charge < -0.3 is 8.98 Å². The van der Waals surface area contributed by atoms with E-state index in [1.54, 1.807) is 0 Å². The predicted octanol–water partition coefficient (Wildman–Crippen LogP) is 15.0. The summed E-state index contributed by atoms with van der Waals surface area (Å²) in [6.07, 6.45) is 0. The van der Waals surface area contributed by atoms with Gasteiger partial charge in [-0.05, 0) is 81.2 Å². The molecule has 0 radical (unpaired) electrons. The van der Waals surface area contributed by atoms with Gasteiger partial charge in [0.2, 0.25) is 0 Å². The summed E-state index contributed by atoms with van der Waals surface area (Å²) in [5, 5.41) is 11.5. The number of fused-ring (bicyclic) bond motifs is 10. The average Bonchev–Trinajstić information content (AvgIpc) is 3.86. The molecule has 10 aromatic carbocycles. The summed E-state index contributed by atoms with van der Waals surface area (Å²) in [5.74, 6) is 1.83. The molecule has 0 saturated carbocycles. The summed E-state index contributed by atoms with van der Waals surface area (Å²) in [7, 11) is 0. The molecule has 0 fully saturated rings. The molecule has 0 atom stereocenters. The van der Waals surface area contributed by atoms with Gasteiger partial charge in [0.25, 0.3) is 0 Å². The first-order valence-corrected chi connectivity index (χ1v) is 20.9. The number of rotatable bonds is 5. The fourth-order valence-corrected chi connectivity index (χ4v) is 9.34. The van der Waals surface area contributed by atoms with Gasteiger partial charge in [-0.3, -0.25) is 0 Å². The minimum Gasteiger partial charge on any atom is -0.455 e. The molecule has 0 aliphatic rings. The third-order valence-electron chi connectivity index (χ3n) is 12.4. The average molecular weight is 791 g/mol. The Bertz CT molecular complexity index is 3810. The molecule has 5 heteroatoms. The molecule has 0 bridgehead atoms. The summed E-state index contributed by atoms with van der Waals surface area (Å²) in [4.78, 5) is 15.3. The summed E-state index contributed by atoms with van der Waals surface area (Å²) >= 11 is 0. The zero-order valence-corrected chi connectivity index (χ0v) is 33.3. The SMILES string of the molecule is c1ccc(-c2ccc(-c3nc(-c4ccccc4)nc(-c4ccc5oc6c7ccccc7c(-n7c8cc9ccccc9cc8c8cc9ccccc9cc87)cc6c5c4)n3)cc2)cc1. The number of hydrogen-bond acceptors (Lipinski definition) is 4. The van der Waals surface area contributed by atoms with Crippen LogP contribution in [0.5, 0.6) is 0 Å². The fraction of sp³-hybridized carbons (Fsp3) is 0. The van der Waals surface area contributed by atoms with Crippen molar-refractivity contribution in [2.75, 3.05) is 0 Å². The maximum Gasteiger partial charge on any atom is 0.164 e. The molecule has 3 aromatic heterocycles. The van der Waals surface area contributed by atoms with Gasteiger partial charge in [-0.1, -0.05) is 158 Å². The molecule has 62 heavy (non-hydrogen) atoms. The molecular weight excluding hydrogens is 757 g/mol. The van der Waals surface area contributed by atoms with Crippen molar-refractivity contribution >= 4 is 76.1 Å². The predicted molar refractivity (Wildman–Crippen MR) is 256 cm³/mol. The number of aromatic nitrogens is 4. The Morgan fingerprint density at radius 2 is 0.758 bits per heavy atom. The molecule has 0 unspecified atom stereocenters. The molecular formula is C57H34N4O. The van der Waals surface area contributed by atoms with Crippen molar-refractivity contribution in [3.05, 3.63) is 206 Å². The Balaban J connectivity index is 1.04. The molecule has 3 heterocycles. The second kappa shape index (κ2) is 13.6.